The number of benzene rings is 2. The van der Waals surface area contributed by atoms with Crippen LogP contribution < -0.4 is 14.8 Å². The van der Waals surface area contributed by atoms with E-state index in [2.05, 4.69) is 34.5 Å². The van der Waals surface area contributed by atoms with E-state index < -0.39 is 0 Å². The average molecular weight is 368 g/mol. The van der Waals surface area contributed by atoms with E-state index in [9.17, 15) is 4.79 Å². The predicted molar refractivity (Wildman–Crippen MR) is 106 cm³/mol. The van der Waals surface area contributed by atoms with Crippen molar-refractivity contribution in [3.63, 3.8) is 0 Å². The number of nitrogens with one attached hydrogen (secondary N) is 1. The maximum absolute atomic E-state index is 12.4. The van der Waals surface area contributed by atoms with E-state index in [1.54, 1.807) is 25.3 Å². The smallest absolute Gasteiger partial charge is 0.251 e. The van der Waals surface area contributed by atoms with Crippen molar-refractivity contribution in [2.75, 3.05) is 26.8 Å². The van der Waals surface area contributed by atoms with E-state index in [-0.39, 0.29) is 5.91 Å². The van der Waals surface area contributed by atoms with Gasteiger partial charge in [-0.1, -0.05) is 24.3 Å². The zero-order valence-corrected chi connectivity index (χ0v) is 16.2. The molecule has 144 valence electrons. The van der Waals surface area contributed by atoms with E-state index in [4.69, 9.17) is 9.47 Å². The first-order chi connectivity index (χ1) is 13.2. The zero-order chi connectivity index (χ0) is 19.1. The summed E-state index contributed by atoms with van der Waals surface area (Å²) >= 11 is 0. The zero-order valence-electron chi connectivity index (χ0n) is 16.2. The highest BCUT2D eigenvalue weighted by molar-refractivity contribution is 5.94. The third-order valence-corrected chi connectivity index (χ3v) is 4.81. The van der Waals surface area contributed by atoms with Crippen molar-refractivity contribution in [3.05, 3.63) is 59.2 Å². The molecule has 0 spiro atoms. The van der Waals surface area contributed by atoms with Gasteiger partial charge in [0.1, 0.15) is 0 Å². The highest BCUT2D eigenvalue weighted by Gasteiger charge is 2.12. The number of ether oxygens (including phenoxy) is 2. The molecule has 1 N–H and O–H groups in total. The number of rotatable bonds is 8. The average Bonchev–Trinajstić information content (AvgIpc) is 3.21. The summed E-state index contributed by atoms with van der Waals surface area (Å²) < 4.78 is 10.8. The lowest BCUT2D eigenvalue weighted by molar-refractivity contribution is 0.0950. The van der Waals surface area contributed by atoms with Gasteiger partial charge in [-0.05, 0) is 62.2 Å². The Balaban J connectivity index is 1.55. The van der Waals surface area contributed by atoms with Crippen molar-refractivity contribution in [1.29, 1.82) is 0 Å². The maximum Gasteiger partial charge on any atom is 0.251 e. The summed E-state index contributed by atoms with van der Waals surface area (Å²) in [5, 5.41) is 2.96. The normalized spacial score (nSPS) is 14.1. The number of methoxy groups -OCH3 is 1. The molecule has 5 nitrogen and oxygen atoms in total. The van der Waals surface area contributed by atoms with Crippen LogP contribution in [0.3, 0.4) is 0 Å². The van der Waals surface area contributed by atoms with Crippen LogP contribution in [0.4, 0.5) is 0 Å². The summed E-state index contributed by atoms with van der Waals surface area (Å²) in [6.07, 6.45) is 2.61. The lowest BCUT2D eigenvalue weighted by atomic mass is 10.1. The second kappa shape index (κ2) is 9.42. The molecule has 2 aromatic rings. The van der Waals surface area contributed by atoms with Gasteiger partial charge < -0.3 is 14.8 Å². The predicted octanol–water partition coefficient (Wildman–Crippen LogP) is 3.62. The summed E-state index contributed by atoms with van der Waals surface area (Å²) in [6, 6.07) is 13.7. The fourth-order valence-corrected chi connectivity index (χ4v) is 3.33. The van der Waals surface area contributed by atoms with Gasteiger partial charge in [0, 0.05) is 18.7 Å². The minimum Gasteiger partial charge on any atom is -0.493 e. The first-order valence-corrected chi connectivity index (χ1v) is 9.59. The van der Waals surface area contributed by atoms with Crippen LogP contribution in [-0.2, 0) is 13.1 Å². The molecule has 0 aromatic heterocycles. The molecular weight excluding hydrogens is 340 g/mol. The Labute approximate surface area is 161 Å². The molecule has 0 unspecified atom stereocenters. The number of hydrogen-bond acceptors (Lipinski definition) is 4. The molecule has 0 aliphatic carbocycles. The molecule has 1 fully saturated rings. The Bertz CT molecular complexity index is 753. The van der Waals surface area contributed by atoms with Gasteiger partial charge in [0.05, 0.1) is 13.7 Å². The van der Waals surface area contributed by atoms with Crippen LogP contribution >= 0.6 is 0 Å². The molecule has 3 rings (SSSR count). The van der Waals surface area contributed by atoms with Crippen LogP contribution in [0, 0.1) is 0 Å². The van der Waals surface area contributed by atoms with Gasteiger partial charge in [-0.3, -0.25) is 9.69 Å². The largest absolute Gasteiger partial charge is 0.493 e. The van der Waals surface area contributed by atoms with Crippen LogP contribution in [0.1, 0.15) is 41.3 Å². The van der Waals surface area contributed by atoms with Crippen LogP contribution in [0.2, 0.25) is 0 Å². The Morgan fingerprint density at radius 3 is 2.41 bits per heavy atom. The molecule has 1 amide bonds. The molecule has 0 bridgehead atoms. The minimum atomic E-state index is -0.127. The maximum atomic E-state index is 12.4. The fraction of sp³-hybridized carbons (Fsp3) is 0.409. The molecule has 0 saturated carbocycles. The van der Waals surface area contributed by atoms with Gasteiger partial charge in [0.15, 0.2) is 11.5 Å². The topological polar surface area (TPSA) is 50.8 Å². The Kier molecular flexibility index (Phi) is 6.71. The Morgan fingerprint density at radius 1 is 1.04 bits per heavy atom. The Morgan fingerprint density at radius 2 is 1.74 bits per heavy atom. The second-order valence-electron chi connectivity index (χ2n) is 6.78. The molecule has 2 aromatic carbocycles. The quantitative estimate of drug-likeness (QED) is 0.773. The molecule has 0 radical (unpaired) electrons. The molecule has 1 aliphatic rings. The van der Waals surface area contributed by atoms with E-state index in [0.717, 1.165) is 12.1 Å². The lowest BCUT2D eigenvalue weighted by Crippen LogP contribution is -2.23. The van der Waals surface area contributed by atoms with Gasteiger partial charge >= 0.3 is 0 Å². The summed E-state index contributed by atoms with van der Waals surface area (Å²) in [5.74, 6) is 1.08. The monoisotopic (exact) mass is 368 g/mol. The van der Waals surface area contributed by atoms with Crippen molar-refractivity contribution in [1.82, 2.24) is 10.2 Å². The van der Waals surface area contributed by atoms with Crippen LogP contribution in [0.25, 0.3) is 0 Å². The molecule has 1 heterocycles. The summed E-state index contributed by atoms with van der Waals surface area (Å²) in [5.41, 5.74) is 2.97. The number of nitrogens with zero attached hydrogens (tertiary/aromatic N) is 1. The SMILES string of the molecule is CCOc1ccc(C(=O)NCc2ccc(CN3CCCC3)cc2)cc1OC. The minimum absolute atomic E-state index is 0.127. The molecule has 5 heteroatoms. The van der Waals surface area contributed by atoms with E-state index >= 15 is 0 Å². The van der Waals surface area contributed by atoms with Crippen molar-refractivity contribution < 1.29 is 14.3 Å². The van der Waals surface area contributed by atoms with Crippen LogP contribution in [0.5, 0.6) is 11.5 Å². The molecule has 0 atom stereocenters. The van der Waals surface area contributed by atoms with Gasteiger partial charge in [-0.2, -0.15) is 0 Å². The van der Waals surface area contributed by atoms with Gasteiger partial charge in [-0.25, -0.2) is 0 Å². The van der Waals surface area contributed by atoms with Crippen molar-refractivity contribution in [2.24, 2.45) is 0 Å². The van der Waals surface area contributed by atoms with Gasteiger partial charge in [0.2, 0.25) is 0 Å². The molecule has 1 aliphatic heterocycles. The van der Waals surface area contributed by atoms with Crippen molar-refractivity contribution in [3.8, 4) is 11.5 Å². The number of likely N-dealkylation sites (tertiary alicyclic amines) is 1. The fourth-order valence-electron chi connectivity index (χ4n) is 3.33. The lowest BCUT2D eigenvalue weighted by Gasteiger charge is -2.15. The first-order valence-electron chi connectivity index (χ1n) is 9.59. The summed E-state index contributed by atoms with van der Waals surface area (Å²) in [4.78, 5) is 14.9. The van der Waals surface area contributed by atoms with Crippen LogP contribution in [0.15, 0.2) is 42.5 Å². The standard InChI is InChI=1S/C22H28N2O3/c1-3-27-20-11-10-19(14-21(20)26-2)22(25)23-15-17-6-8-18(9-7-17)16-24-12-4-5-13-24/h6-11,14H,3-5,12-13,15-16H2,1-2H3,(H,23,25). The third kappa shape index (κ3) is 5.23. The summed E-state index contributed by atoms with van der Waals surface area (Å²) in [7, 11) is 1.57. The number of amides is 1. The second-order valence-corrected chi connectivity index (χ2v) is 6.78. The molecule has 1 saturated heterocycles. The van der Waals surface area contributed by atoms with E-state index in [1.807, 2.05) is 6.92 Å². The molecule has 27 heavy (non-hydrogen) atoms. The van der Waals surface area contributed by atoms with E-state index in [0.29, 0.717) is 30.2 Å². The molecular formula is C22H28N2O3. The van der Waals surface area contributed by atoms with Crippen molar-refractivity contribution in [2.45, 2.75) is 32.9 Å². The number of carbonyl (C=O) groups excluding carboxylic acids is 1. The highest BCUT2D eigenvalue weighted by atomic mass is 16.5. The van der Waals surface area contributed by atoms with Gasteiger partial charge in [-0.15, -0.1) is 0 Å². The number of hydrogen-bond donors (Lipinski definition) is 1. The third-order valence-electron chi connectivity index (χ3n) is 4.81. The number of carbonyl (C=O) groups is 1. The first kappa shape index (κ1) is 19.2. The van der Waals surface area contributed by atoms with Crippen LogP contribution in [-0.4, -0.2) is 37.6 Å². The van der Waals surface area contributed by atoms with Crippen molar-refractivity contribution >= 4 is 5.91 Å². The van der Waals surface area contributed by atoms with E-state index in [1.165, 1.54) is 31.5 Å². The highest BCUT2D eigenvalue weighted by Crippen LogP contribution is 2.28. The summed E-state index contributed by atoms with van der Waals surface area (Å²) in [6.45, 7) is 6.37. The Hall–Kier alpha value is -2.53. The van der Waals surface area contributed by atoms with Gasteiger partial charge in [0.25, 0.3) is 5.91 Å².